The van der Waals surface area contributed by atoms with Crippen LogP contribution in [0.5, 0.6) is 0 Å². The first-order chi connectivity index (χ1) is 8.24. The van der Waals surface area contributed by atoms with Crippen LogP contribution >= 0.6 is 0 Å². The van der Waals surface area contributed by atoms with E-state index in [2.05, 4.69) is 24.0 Å². The van der Waals surface area contributed by atoms with Gasteiger partial charge in [0.25, 0.3) is 0 Å². The smallest absolute Gasteiger partial charge is 0.444 e. The summed E-state index contributed by atoms with van der Waals surface area (Å²) in [5, 5.41) is 19.5. The molecule has 0 rings (SSSR count). The zero-order chi connectivity index (χ0) is 13.8. The van der Waals surface area contributed by atoms with Crippen molar-refractivity contribution in [1.29, 1.82) is 0 Å². The average Bonchev–Trinajstić information content (AvgIpc) is 2.34. The summed E-state index contributed by atoms with van der Waals surface area (Å²) in [5.74, 6) is 0. The van der Waals surface area contributed by atoms with Crippen molar-refractivity contribution >= 4 is 0 Å². The zero-order valence-corrected chi connectivity index (χ0v) is 14.6. The third-order valence-corrected chi connectivity index (χ3v) is 1.65. The molecule has 0 atom stereocenters. The Balaban J connectivity index is -0.0000000214. The second-order valence-electron chi connectivity index (χ2n) is 3.12. The molecule has 0 aliphatic carbocycles. The maximum Gasteiger partial charge on any atom is 1.00 e. The van der Waals surface area contributed by atoms with E-state index in [1.807, 2.05) is 0 Å². The molecule has 136 valence electrons. The summed E-state index contributed by atoms with van der Waals surface area (Å²) in [5.41, 5.74) is 0. The summed E-state index contributed by atoms with van der Waals surface area (Å²) in [4.78, 5) is 21.5. The minimum Gasteiger partial charge on any atom is -0.444 e. The Morgan fingerprint density at radius 3 is 1.55 bits per heavy atom. The van der Waals surface area contributed by atoms with Gasteiger partial charge in [0, 0.05) is 6.61 Å². The van der Waals surface area contributed by atoms with Crippen LogP contribution in [0.2, 0.25) is 0 Å². The van der Waals surface area contributed by atoms with Gasteiger partial charge in [-0.1, -0.05) is 54.4 Å². The molecule has 0 amide bonds. The third-order valence-electron chi connectivity index (χ3n) is 1.65. The first kappa shape index (κ1) is 49.5. The Bertz CT molecular complexity index is 143. The van der Waals surface area contributed by atoms with Crippen LogP contribution in [0.1, 0.15) is 67.2 Å². The van der Waals surface area contributed by atoms with Crippen LogP contribution in [0.25, 0.3) is 0 Å². The van der Waals surface area contributed by atoms with Gasteiger partial charge in [0.1, 0.15) is 6.61 Å². The molecule has 0 saturated carbocycles. The molecule has 9 nitrogen and oxygen atoms in total. The molecule has 5 N–H and O–H groups in total. The molecule has 0 aromatic rings. The maximum atomic E-state index is 9.30. The zero-order valence-electron chi connectivity index (χ0n) is 12.6. The van der Waals surface area contributed by atoms with Crippen LogP contribution in [0.3, 0.4) is 0 Å². The quantitative estimate of drug-likeness (QED) is 0.280. The molecular weight excluding hydrogens is 307 g/mol. The van der Waals surface area contributed by atoms with E-state index in [9.17, 15) is 4.91 Å². The van der Waals surface area contributed by atoms with Crippen molar-refractivity contribution in [2.75, 3.05) is 13.2 Å². The summed E-state index contributed by atoms with van der Waals surface area (Å²) in [6, 6.07) is 0. The molecule has 0 saturated heterocycles. The molecule has 0 radical (unpaired) electrons. The van der Waals surface area contributed by atoms with Crippen molar-refractivity contribution in [3.05, 3.63) is 15.0 Å². The Labute approximate surface area is 156 Å². The minimum atomic E-state index is 0. The second-order valence-corrected chi connectivity index (χ2v) is 3.12. The standard InChI is InChI=1S/C5H11NO2.C5H12O.2CH4.HNO2.Na.2H2O/c1-2-3-4-5-8-6-7;1-2-3-4-5-6;;;2-1-3;;;/h2-5H2,1H3;6H,2-5H2,1H3;2*1H4;(H,2,3);;2*1H2/q;;;;;+1;;/p-1. The van der Waals surface area contributed by atoms with Gasteiger partial charge in [0.05, 0.1) is 0 Å². The summed E-state index contributed by atoms with van der Waals surface area (Å²) in [7, 11) is 0. The van der Waals surface area contributed by atoms with Gasteiger partial charge in [0.2, 0.25) is 0 Å². The van der Waals surface area contributed by atoms with E-state index in [1.165, 1.54) is 6.42 Å². The van der Waals surface area contributed by atoms with E-state index in [-0.39, 0.29) is 55.4 Å². The molecule has 0 bridgehead atoms. The van der Waals surface area contributed by atoms with Gasteiger partial charge in [-0.25, -0.2) is 0 Å². The summed E-state index contributed by atoms with van der Waals surface area (Å²) in [6.45, 7) is 5.04. The normalized spacial score (nSPS) is 6.14. The summed E-state index contributed by atoms with van der Waals surface area (Å²) < 4.78 is 0. The molecule has 0 spiro atoms. The van der Waals surface area contributed by atoms with Gasteiger partial charge < -0.3 is 31.0 Å². The molecule has 0 aliphatic heterocycles. The predicted molar refractivity (Wildman–Crippen MR) is 87.7 cm³/mol. The average molecular weight is 342 g/mol. The predicted octanol–water partition coefficient (Wildman–Crippen LogP) is -0.0791. The van der Waals surface area contributed by atoms with Crippen molar-refractivity contribution in [3.8, 4) is 0 Å². The number of aliphatic hydroxyl groups is 1. The van der Waals surface area contributed by atoms with Gasteiger partial charge in [-0.2, -0.15) is 0 Å². The fraction of sp³-hybridized carbons (Fsp3) is 1.00. The Kier molecular flexibility index (Phi) is 158. The molecule has 22 heavy (non-hydrogen) atoms. The SMILES string of the molecule is C.C.CCCCCO.CCCCCON=O.O.O.O=N[O-].[Na+]. The van der Waals surface area contributed by atoms with E-state index in [1.54, 1.807) is 0 Å². The van der Waals surface area contributed by atoms with Crippen molar-refractivity contribution < 1.29 is 50.5 Å². The number of aliphatic hydroxyl groups excluding tert-OH is 1. The van der Waals surface area contributed by atoms with E-state index in [0.717, 1.165) is 37.4 Å². The van der Waals surface area contributed by atoms with Crippen LogP contribution in [0.4, 0.5) is 0 Å². The number of nitrogens with zero attached hydrogens (tertiary/aromatic N) is 2. The van der Waals surface area contributed by atoms with Crippen LogP contribution in [-0.4, -0.2) is 29.3 Å². The molecule has 0 unspecified atom stereocenters. The van der Waals surface area contributed by atoms with Crippen LogP contribution < -0.4 is 29.6 Å². The minimum absolute atomic E-state index is 0. The Morgan fingerprint density at radius 1 is 0.955 bits per heavy atom. The van der Waals surface area contributed by atoms with Crippen LogP contribution in [0, 0.1) is 15.0 Å². The molecule has 0 fully saturated rings. The van der Waals surface area contributed by atoms with Crippen LogP contribution in [-0.2, 0) is 4.84 Å². The van der Waals surface area contributed by atoms with E-state index in [4.69, 9.17) is 15.2 Å². The maximum absolute atomic E-state index is 9.30. The Morgan fingerprint density at radius 2 is 1.32 bits per heavy atom. The van der Waals surface area contributed by atoms with E-state index < -0.39 is 0 Å². The topological polar surface area (TPSA) is 174 Å². The third kappa shape index (κ3) is 116. The fourth-order valence-electron chi connectivity index (χ4n) is 0.816. The second kappa shape index (κ2) is 70.2. The molecule has 0 aromatic carbocycles. The van der Waals surface area contributed by atoms with Gasteiger partial charge >= 0.3 is 29.6 Å². The van der Waals surface area contributed by atoms with Gasteiger partial charge in [0.15, 0.2) is 5.34 Å². The van der Waals surface area contributed by atoms with Crippen molar-refractivity contribution in [3.63, 3.8) is 0 Å². The summed E-state index contributed by atoms with van der Waals surface area (Å²) in [6.07, 6.45) is 6.51. The van der Waals surface area contributed by atoms with Crippen LogP contribution in [0.15, 0.2) is 10.7 Å². The first-order valence-electron chi connectivity index (χ1n) is 5.75. The number of rotatable bonds is 8. The fourth-order valence-corrected chi connectivity index (χ4v) is 0.816. The molecular formula is C12H35N2NaO7. The van der Waals surface area contributed by atoms with Gasteiger partial charge in [-0.15, -0.1) is 10.2 Å². The molecule has 10 heteroatoms. The largest absolute Gasteiger partial charge is 1.00 e. The number of unbranched alkanes of at least 4 members (excludes halogenated alkanes) is 4. The Hall–Kier alpha value is -0.320. The van der Waals surface area contributed by atoms with E-state index in [0.29, 0.717) is 13.2 Å². The number of hydrogen-bond donors (Lipinski definition) is 1. The van der Waals surface area contributed by atoms with Crippen molar-refractivity contribution in [1.82, 2.24) is 0 Å². The monoisotopic (exact) mass is 342 g/mol. The van der Waals surface area contributed by atoms with Gasteiger partial charge in [-0.3, -0.25) is 0 Å². The summed E-state index contributed by atoms with van der Waals surface area (Å²) >= 11 is 0. The van der Waals surface area contributed by atoms with Crippen molar-refractivity contribution in [2.24, 2.45) is 10.7 Å². The molecule has 0 heterocycles. The molecule has 0 aliphatic rings. The molecule has 0 aromatic heterocycles. The first-order valence-corrected chi connectivity index (χ1v) is 5.75. The van der Waals surface area contributed by atoms with E-state index >= 15 is 0 Å². The van der Waals surface area contributed by atoms with Crippen molar-refractivity contribution in [2.45, 2.75) is 67.2 Å². The number of hydrogen-bond acceptors (Lipinski definition) is 7. The van der Waals surface area contributed by atoms with Gasteiger partial charge in [-0.05, 0) is 12.8 Å².